The Balaban J connectivity index is 2.47. The molecule has 2 nitrogen and oxygen atoms in total. The summed E-state index contributed by atoms with van der Waals surface area (Å²) in [7, 11) is 0. The second-order valence-corrected chi connectivity index (χ2v) is 6.33. The molecule has 0 saturated heterocycles. The maximum atomic E-state index is 6.23. The highest BCUT2D eigenvalue weighted by atomic mass is 16.5. The lowest BCUT2D eigenvalue weighted by molar-refractivity contribution is 0.0151. The lowest BCUT2D eigenvalue weighted by Crippen LogP contribution is -2.41. The Kier molecular flexibility index (Phi) is 11.4. The van der Waals surface area contributed by atoms with E-state index < -0.39 is 0 Å². The first-order chi connectivity index (χ1) is 9.88. The van der Waals surface area contributed by atoms with Crippen molar-refractivity contribution in [2.45, 2.75) is 103 Å². The normalized spacial score (nSPS) is 26.7. The molecule has 0 amide bonds. The van der Waals surface area contributed by atoms with Crippen LogP contribution in [0.2, 0.25) is 0 Å². The fourth-order valence-electron chi connectivity index (χ4n) is 3.23. The van der Waals surface area contributed by atoms with Crippen LogP contribution in [0.25, 0.3) is 0 Å². The van der Waals surface area contributed by atoms with Gasteiger partial charge in [0.15, 0.2) is 0 Å². The molecule has 0 bridgehead atoms. The summed E-state index contributed by atoms with van der Waals surface area (Å²) >= 11 is 0. The predicted molar refractivity (Wildman–Crippen MR) is 88.3 cm³/mol. The summed E-state index contributed by atoms with van der Waals surface area (Å²) in [6.07, 6.45) is 16.7. The standard InChI is InChI=1S/C18H37NO/c1-3-5-16-20-18-15-13-11-9-7-6-8-10-12-14-17(18)19-4-2/h17-19H,3-16H2,1-2H3. The Morgan fingerprint density at radius 1 is 0.850 bits per heavy atom. The molecule has 0 spiro atoms. The Hall–Kier alpha value is -0.0800. The van der Waals surface area contributed by atoms with Gasteiger partial charge < -0.3 is 10.1 Å². The first-order valence-corrected chi connectivity index (χ1v) is 9.23. The van der Waals surface area contributed by atoms with Crippen LogP contribution in [-0.2, 0) is 4.74 Å². The lowest BCUT2D eigenvalue weighted by Gasteiger charge is -2.29. The van der Waals surface area contributed by atoms with Crippen molar-refractivity contribution in [1.29, 1.82) is 0 Å². The highest BCUT2D eigenvalue weighted by Crippen LogP contribution is 2.19. The van der Waals surface area contributed by atoms with Gasteiger partial charge in [0.1, 0.15) is 0 Å². The molecule has 1 saturated carbocycles. The predicted octanol–water partition coefficient (Wildman–Crippen LogP) is 5.06. The van der Waals surface area contributed by atoms with E-state index >= 15 is 0 Å². The zero-order chi connectivity index (χ0) is 14.5. The van der Waals surface area contributed by atoms with Crippen molar-refractivity contribution in [3.05, 3.63) is 0 Å². The monoisotopic (exact) mass is 283 g/mol. The van der Waals surface area contributed by atoms with Crippen molar-refractivity contribution < 1.29 is 4.74 Å². The Morgan fingerprint density at radius 3 is 2.05 bits per heavy atom. The third-order valence-corrected chi connectivity index (χ3v) is 4.50. The first-order valence-electron chi connectivity index (χ1n) is 9.23. The molecular formula is C18H37NO. The third-order valence-electron chi connectivity index (χ3n) is 4.50. The molecule has 120 valence electrons. The van der Waals surface area contributed by atoms with E-state index in [0.29, 0.717) is 12.1 Å². The molecule has 20 heavy (non-hydrogen) atoms. The number of ether oxygens (including phenoxy) is 1. The van der Waals surface area contributed by atoms with E-state index in [-0.39, 0.29) is 0 Å². The Morgan fingerprint density at radius 2 is 1.45 bits per heavy atom. The van der Waals surface area contributed by atoms with Crippen LogP contribution in [-0.4, -0.2) is 25.3 Å². The number of hydrogen-bond acceptors (Lipinski definition) is 2. The average Bonchev–Trinajstić information content (AvgIpc) is 2.44. The van der Waals surface area contributed by atoms with Crippen molar-refractivity contribution in [3.8, 4) is 0 Å². The summed E-state index contributed by atoms with van der Waals surface area (Å²) in [4.78, 5) is 0. The smallest absolute Gasteiger partial charge is 0.0728 e. The largest absolute Gasteiger partial charge is 0.377 e. The van der Waals surface area contributed by atoms with Gasteiger partial charge in [-0.05, 0) is 25.8 Å². The average molecular weight is 283 g/mol. The van der Waals surface area contributed by atoms with Crippen LogP contribution in [0.1, 0.15) is 90.9 Å². The van der Waals surface area contributed by atoms with Crippen molar-refractivity contribution in [2.24, 2.45) is 0 Å². The van der Waals surface area contributed by atoms with Crippen LogP contribution >= 0.6 is 0 Å². The number of nitrogens with one attached hydrogen (secondary N) is 1. The lowest BCUT2D eigenvalue weighted by atomic mass is 9.95. The first kappa shape index (κ1) is 18.0. The van der Waals surface area contributed by atoms with Gasteiger partial charge in [0.2, 0.25) is 0 Å². The quantitative estimate of drug-likeness (QED) is 0.688. The molecule has 2 heteroatoms. The molecule has 0 heterocycles. The number of rotatable bonds is 6. The molecule has 1 aliphatic carbocycles. The molecule has 0 aromatic heterocycles. The summed E-state index contributed by atoms with van der Waals surface area (Å²) in [6, 6.07) is 0.580. The number of hydrogen-bond donors (Lipinski definition) is 1. The minimum Gasteiger partial charge on any atom is -0.377 e. The van der Waals surface area contributed by atoms with Gasteiger partial charge in [-0.15, -0.1) is 0 Å². The molecule has 0 radical (unpaired) electrons. The minimum absolute atomic E-state index is 0.445. The van der Waals surface area contributed by atoms with E-state index in [9.17, 15) is 0 Å². The SMILES string of the molecule is CCCCOC1CCCCCCCCCCC1NCC. The summed E-state index contributed by atoms with van der Waals surface area (Å²) < 4.78 is 6.23. The van der Waals surface area contributed by atoms with Crippen LogP contribution in [0.3, 0.4) is 0 Å². The fourth-order valence-corrected chi connectivity index (χ4v) is 3.23. The summed E-state index contributed by atoms with van der Waals surface area (Å²) in [5.74, 6) is 0. The van der Waals surface area contributed by atoms with Crippen LogP contribution in [0.5, 0.6) is 0 Å². The van der Waals surface area contributed by atoms with E-state index in [1.54, 1.807) is 0 Å². The molecule has 2 unspecified atom stereocenters. The summed E-state index contributed by atoms with van der Waals surface area (Å²) in [5.41, 5.74) is 0. The zero-order valence-corrected chi connectivity index (χ0v) is 14.0. The Labute approximate surface area is 127 Å². The molecule has 1 aliphatic rings. The zero-order valence-electron chi connectivity index (χ0n) is 14.0. The molecule has 0 aromatic rings. The second-order valence-electron chi connectivity index (χ2n) is 6.33. The van der Waals surface area contributed by atoms with Gasteiger partial charge >= 0.3 is 0 Å². The van der Waals surface area contributed by atoms with Gasteiger partial charge in [0.25, 0.3) is 0 Å². The molecule has 2 atom stereocenters. The van der Waals surface area contributed by atoms with Crippen LogP contribution in [0.15, 0.2) is 0 Å². The third kappa shape index (κ3) is 8.26. The highest BCUT2D eigenvalue weighted by molar-refractivity contribution is 4.77. The van der Waals surface area contributed by atoms with Gasteiger partial charge in [-0.3, -0.25) is 0 Å². The van der Waals surface area contributed by atoms with Crippen LogP contribution in [0.4, 0.5) is 0 Å². The van der Waals surface area contributed by atoms with Crippen LogP contribution in [0, 0.1) is 0 Å². The maximum Gasteiger partial charge on any atom is 0.0728 e. The Bertz CT molecular complexity index is 208. The van der Waals surface area contributed by atoms with Crippen molar-refractivity contribution >= 4 is 0 Å². The number of unbranched alkanes of at least 4 members (excludes halogenated alkanes) is 1. The summed E-state index contributed by atoms with van der Waals surface area (Å²) in [5, 5.41) is 3.69. The van der Waals surface area contributed by atoms with Gasteiger partial charge in [0.05, 0.1) is 6.10 Å². The number of likely N-dealkylation sites (N-methyl/N-ethyl adjacent to an activating group) is 1. The van der Waals surface area contributed by atoms with Gasteiger partial charge in [0, 0.05) is 12.6 Å². The van der Waals surface area contributed by atoms with Gasteiger partial charge in [-0.25, -0.2) is 0 Å². The van der Waals surface area contributed by atoms with E-state index in [0.717, 1.165) is 13.2 Å². The molecule has 1 N–H and O–H groups in total. The molecule has 1 fully saturated rings. The molecule has 0 aromatic carbocycles. The molecule has 0 aliphatic heterocycles. The highest BCUT2D eigenvalue weighted by Gasteiger charge is 2.20. The van der Waals surface area contributed by atoms with E-state index in [1.165, 1.54) is 77.0 Å². The second kappa shape index (κ2) is 12.6. The topological polar surface area (TPSA) is 21.3 Å². The van der Waals surface area contributed by atoms with Crippen LogP contribution < -0.4 is 5.32 Å². The van der Waals surface area contributed by atoms with Crippen molar-refractivity contribution in [3.63, 3.8) is 0 Å². The maximum absolute atomic E-state index is 6.23. The van der Waals surface area contributed by atoms with E-state index in [4.69, 9.17) is 4.74 Å². The van der Waals surface area contributed by atoms with Crippen molar-refractivity contribution in [1.82, 2.24) is 5.32 Å². The molecular weight excluding hydrogens is 246 g/mol. The minimum atomic E-state index is 0.445. The fraction of sp³-hybridized carbons (Fsp3) is 1.00. The van der Waals surface area contributed by atoms with Gasteiger partial charge in [-0.2, -0.15) is 0 Å². The summed E-state index contributed by atoms with van der Waals surface area (Å²) in [6.45, 7) is 6.48. The van der Waals surface area contributed by atoms with Gasteiger partial charge in [-0.1, -0.05) is 71.6 Å². The van der Waals surface area contributed by atoms with E-state index in [1.807, 2.05) is 0 Å². The van der Waals surface area contributed by atoms with Crippen molar-refractivity contribution in [2.75, 3.05) is 13.2 Å². The molecule has 1 rings (SSSR count). The van der Waals surface area contributed by atoms with E-state index in [2.05, 4.69) is 19.2 Å².